The van der Waals surface area contributed by atoms with Crippen LogP contribution in [0.3, 0.4) is 0 Å². The van der Waals surface area contributed by atoms with Gasteiger partial charge in [0.25, 0.3) is 0 Å². The van der Waals surface area contributed by atoms with E-state index in [-0.39, 0.29) is 34.1 Å². The first-order valence-corrected chi connectivity index (χ1v) is 20.5. The lowest BCUT2D eigenvalue weighted by molar-refractivity contribution is -0.0490. The molecule has 0 N–H and O–H groups in total. The predicted octanol–water partition coefficient (Wildman–Crippen LogP) is 9.79. The van der Waals surface area contributed by atoms with E-state index in [1.165, 1.54) is 0 Å². The third kappa shape index (κ3) is 11.3. The summed E-state index contributed by atoms with van der Waals surface area (Å²) in [5.74, 6) is 1.30. The number of hydrogen-bond acceptors (Lipinski definition) is 4. The van der Waals surface area contributed by atoms with Gasteiger partial charge in [-0.25, -0.2) is 0 Å². The van der Waals surface area contributed by atoms with E-state index in [9.17, 15) is 0 Å². The fourth-order valence-electron chi connectivity index (χ4n) is 4.04. The molecule has 4 nitrogen and oxygen atoms in total. The third-order valence-corrected chi connectivity index (χ3v) is 17.9. The molecule has 0 aromatic heterocycles. The summed E-state index contributed by atoms with van der Waals surface area (Å²) in [6.45, 7) is 32.9. The number of rotatable bonds is 16. The van der Waals surface area contributed by atoms with Crippen LogP contribution in [0.5, 0.6) is 5.75 Å². The second-order valence-electron chi connectivity index (χ2n) is 14.1. The van der Waals surface area contributed by atoms with Gasteiger partial charge in [-0.1, -0.05) is 92.3 Å². The molecule has 39 heavy (non-hydrogen) atoms. The maximum atomic E-state index is 7.12. The lowest BCUT2D eigenvalue weighted by atomic mass is 9.87. The van der Waals surface area contributed by atoms with Crippen molar-refractivity contribution in [3.05, 3.63) is 54.6 Å². The van der Waals surface area contributed by atoms with Crippen LogP contribution in [0.15, 0.2) is 49.1 Å². The first-order valence-electron chi connectivity index (χ1n) is 14.7. The van der Waals surface area contributed by atoms with Crippen molar-refractivity contribution in [3.8, 4) is 5.75 Å². The third-order valence-electron chi connectivity index (χ3n) is 8.94. The molecule has 4 atom stereocenters. The maximum Gasteiger partial charge on any atom is 0.192 e. The number of methoxy groups -OCH3 is 1. The number of hydrogen-bond donors (Lipinski definition) is 0. The van der Waals surface area contributed by atoms with E-state index in [1.54, 1.807) is 7.11 Å². The Bertz CT molecular complexity index is 878. The van der Waals surface area contributed by atoms with E-state index < -0.39 is 16.6 Å². The summed E-state index contributed by atoms with van der Waals surface area (Å²) < 4.78 is 25.7. The van der Waals surface area contributed by atoms with E-state index in [1.807, 2.05) is 24.3 Å². The Kier molecular flexibility index (Phi) is 13.9. The Morgan fingerprint density at radius 2 is 1.46 bits per heavy atom. The Morgan fingerprint density at radius 1 is 0.897 bits per heavy atom. The molecule has 0 aliphatic heterocycles. The molecule has 0 aliphatic rings. The SMILES string of the molecule is C=CC=C[C@H](C)[C@H](O[Si](C)(C)C(C)(C)C)[C@H](C)[C@@H](CCCO[Si](C)(C)C(C)(C)C)OCc1ccc(OC)cc1. The Hall–Kier alpha value is -1.19. The average Bonchev–Trinajstić information content (AvgIpc) is 2.83. The molecule has 0 spiro atoms. The Morgan fingerprint density at radius 3 is 1.95 bits per heavy atom. The van der Waals surface area contributed by atoms with Crippen molar-refractivity contribution in [2.45, 2.75) is 123 Å². The molecule has 1 aromatic rings. The highest BCUT2D eigenvalue weighted by atomic mass is 28.4. The number of ether oxygens (including phenoxy) is 2. The van der Waals surface area contributed by atoms with Crippen molar-refractivity contribution in [1.29, 1.82) is 0 Å². The molecule has 1 aromatic carbocycles. The fraction of sp³-hybridized carbons (Fsp3) is 0.697. The van der Waals surface area contributed by atoms with Crippen molar-refractivity contribution in [2.24, 2.45) is 11.8 Å². The summed E-state index contributed by atoms with van der Waals surface area (Å²) in [4.78, 5) is 0. The minimum absolute atomic E-state index is 0.0456. The summed E-state index contributed by atoms with van der Waals surface area (Å²) in [6.07, 6.45) is 8.10. The van der Waals surface area contributed by atoms with Gasteiger partial charge >= 0.3 is 0 Å². The molecule has 0 heterocycles. The van der Waals surface area contributed by atoms with Crippen molar-refractivity contribution in [3.63, 3.8) is 0 Å². The summed E-state index contributed by atoms with van der Waals surface area (Å²) >= 11 is 0. The molecule has 0 saturated carbocycles. The van der Waals surface area contributed by atoms with Crippen LogP contribution in [0.25, 0.3) is 0 Å². The Balaban J connectivity index is 3.19. The predicted molar refractivity (Wildman–Crippen MR) is 174 cm³/mol. The van der Waals surface area contributed by atoms with E-state index in [2.05, 4.69) is 106 Å². The molecule has 6 heteroatoms. The minimum Gasteiger partial charge on any atom is -0.497 e. The topological polar surface area (TPSA) is 36.9 Å². The molecule has 224 valence electrons. The maximum absolute atomic E-state index is 7.12. The van der Waals surface area contributed by atoms with Gasteiger partial charge in [0.1, 0.15) is 5.75 Å². The van der Waals surface area contributed by atoms with E-state index in [4.69, 9.17) is 18.3 Å². The quantitative estimate of drug-likeness (QED) is 0.111. The van der Waals surface area contributed by atoms with Crippen LogP contribution in [0, 0.1) is 11.8 Å². The highest BCUT2D eigenvalue weighted by molar-refractivity contribution is 6.74. The molecular weight excluding hydrogens is 517 g/mol. The second-order valence-corrected chi connectivity index (χ2v) is 23.7. The van der Waals surface area contributed by atoms with Crippen molar-refractivity contribution < 1.29 is 18.3 Å². The summed E-state index contributed by atoms with van der Waals surface area (Å²) in [5, 5.41) is 0.336. The molecule has 1 rings (SSSR count). The van der Waals surface area contributed by atoms with Gasteiger partial charge in [-0.15, -0.1) is 0 Å². The molecule has 0 aliphatic carbocycles. The van der Waals surface area contributed by atoms with Crippen LogP contribution in [0.4, 0.5) is 0 Å². The summed E-state index contributed by atoms with van der Waals surface area (Å²) in [6, 6.07) is 8.16. The van der Waals surface area contributed by atoms with Crippen LogP contribution in [-0.2, 0) is 20.2 Å². The monoisotopic (exact) mass is 576 g/mol. The lowest BCUT2D eigenvalue weighted by Crippen LogP contribution is -2.49. The standard InChI is InChI=1S/C33H60O4Si2/c1-15-16-18-26(2)31(37-39(13,14)33(7,8)9)27(3)30(19-17-24-36-38(11,12)32(4,5)6)35-25-28-20-22-29(34-10)23-21-28/h15-16,18,20-23,26-27,30-31H,1,17,19,24-25H2,2-14H3/t26-,27+,30+,31-/m0/s1. The smallest absolute Gasteiger partial charge is 0.192 e. The molecule has 0 unspecified atom stereocenters. The zero-order valence-corrected chi connectivity index (χ0v) is 29.5. The van der Waals surface area contributed by atoms with E-state index in [0.29, 0.717) is 6.61 Å². The van der Waals surface area contributed by atoms with Gasteiger partial charge in [0.15, 0.2) is 16.6 Å². The number of benzene rings is 1. The largest absolute Gasteiger partial charge is 0.497 e. The molecule has 0 fully saturated rings. The van der Waals surface area contributed by atoms with Gasteiger partial charge in [0.05, 0.1) is 25.9 Å². The second kappa shape index (κ2) is 15.2. The highest BCUT2D eigenvalue weighted by Gasteiger charge is 2.42. The zero-order valence-electron chi connectivity index (χ0n) is 27.5. The van der Waals surface area contributed by atoms with Crippen LogP contribution >= 0.6 is 0 Å². The lowest BCUT2D eigenvalue weighted by Gasteiger charge is -2.44. The van der Waals surface area contributed by atoms with Gasteiger partial charge in [0, 0.05) is 12.5 Å². The average molecular weight is 577 g/mol. The fourth-order valence-corrected chi connectivity index (χ4v) is 6.59. The van der Waals surface area contributed by atoms with Gasteiger partial charge < -0.3 is 18.3 Å². The van der Waals surface area contributed by atoms with Gasteiger partial charge in [0.2, 0.25) is 0 Å². The van der Waals surface area contributed by atoms with Crippen LogP contribution in [0.1, 0.15) is 73.8 Å². The van der Waals surface area contributed by atoms with Crippen molar-refractivity contribution in [2.75, 3.05) is 13.7 Å². The molecule has 0 bridgehead atoms. The van der Waals surface area contributed by atoms with Crippen molar-refractivity contribution >= 4 is 16.6 Å². The van der Waals surface area contributed by atoms with Crippen LogP contribution in [-0.4, -0.2) is 42.6 Å². The van der Waals surface area contributed by atoms with Crippen LogP contribution in [0.2, 0.25) is 36.3 Å². The molecule has 0 saturated heterocycles. The first kappa shape index (κ1) is 35.8. The normalized spacial score (nSPS) is 16.6. The van der Waals surface area contributed by atoms with Gasteiger partial charge in [-0.2, -0.15) is 0 Å². The molecule has 0 amide bonds. The van der Waals surface area contributed by atoms with Gasteiger partial charge in [-0.3, -0.25) is 0 Å². The first-order chi connectivity index (χ1) is 17.9. The van der Waals surface area contributed by atoms with Crippen LogP contribution < -0.4 is 4.74 Å². The summed E-state index contributed by atoms with van der Waals surface area (Å²) in [7, 11) is -2.10. The zero-order chi connectivity index (χ0) is 30.1. The summed E-state index contributed by atoms with van der Waals surface area (Å²) in [5.41, 5.74) is 1.15. The Labute approximate surface area is 243 Å². The minimum atomic E-state index is -2.01. The molecular formula is C33H60O4Si2. The molecule has 0 radical (unpaired) electrons. The van der Waals surface area contributed by atoms with Gasteiger partial charge in [-0.05, 0) is 72.7 Å². The highest BCUT2D eigenvalue weighted by Crippen LogP contribution is 2.40. The van der Waals surface area contributed by atoms with Crippen molar-refractivity contribution in [1.82, 2.24) is 0 Å². The number of allylic oxidation sites excluding steroid dienone is 2. The van der Waals surface area contributed by atoms with E-state index >= 15 is 0 Å². The van der Waals surface area contributed by atoms with E-state index in [0.717, 1.165) is 30.8 Å².